The Kier molecular flexibility index (Phi) is 5.26. The lowest BCUT2D eigenvalue weighted by molar-refractivity contribution is -0.139. The van der Waals surface area contributed by atoms with Crippen LogP contribution in [0.3, 0.4) is 0 Å². The molecule has 0 saturated carbocycles. The van der Waals surface area contributed by atoms with Crippen molar-refractivity contribution in [1.82, 2.24) is 4.90 Å². The number of benzene rings is 2. The fraction of sp³-hybridized carbons (Fsp3) is 0.333. The maximum Gasteiger partial charge on any atom is 0.263 e. The normalized spacial score (nSPS) is 17.7. The summed E-state index contributed by atoms with van der Waals surface area (Å²) in [6.07, 6.45) is 0.355. The van der Waals surface area contributed by atoms with E-state index in [9.17, 15) is 9.59 Å². The Labute approximate surface area is 154 Å². The van der Waals surface area contributed by atoms with Crippen LogP contribution in [0.4, 0.5) is 5.69 Å². The summed E-state index contributed by atoms with van der Waals surface area (Å²) in [5, 5.41) is 2.91. The molecule has 0 bridgehead atoms. The fourth-order valence-electron chi connectivity index (χ4n) is 3.02. The first-order valence-corrected chi connectivity index (χ1v) is 8.96. The minimum absolute atomic E-state index is 0.00887. The number of rotatable bonds is 4. The van der Waals surface area contributed by atoms with Gasteiger partial charge >= 0.3 is 0 Å². The summed E-state index contributed by atoms with van der Waals surface area (Å²) >= 11 is 0. The molecular weight excluding hydrogens is 328 g/mol. The van der Waals surface area contributed by atoms with Crippen LogP contribution < -0.4 is 10.1 Å². The summed E-state index contributed by atoms with van der Waals surface area (Å²) in [5.74, 6) is 0.517. The van der Waals surface area contributed by atoms with Gasteiger partial charge < -0.3 is 15.0 Å². The quantitative estimate of drug-likeness (QED) is 0.909. The molecule has 2 amide bonds. The van der Waals surface area contributed by atoms with E-state index in [1.165, 1.54) is 0 Å². The van der Waals surface area contributed by atoms with Gasteiger partial charge in [0, 0.05) is 29.4 Å². The smallest absolute Gasteiger partial charge is 0.263 e. The lowest BCUT2D eigenvalue weighted by Gasteiger charge is -2.28. The van der Waals surface area contributed by atoms with Crippen LogP contribution in [0.2, 0.25) is 0 Å². The Morgan fingerprint density at radius 1 is 1.27 bits per heavy atom. The highest BCUT2D eigenvalue weighted by Gasteiger charge is 2.30. The molecule has 2 atom stereocenters. The second kappa shape index (κ2) is 7.60. The summed E-state index contributed by atoms with van der Waals surface area (Å²) in [7, 11) is 0. The Morgan fingerprint density at radius 2 is 2.00 bits per heavy atom. The lowest BCUT2D eigenvalue weighted by Crippen LogP contribution is -2.42. The molecule has 0 radical (unpaired) electrons. The van der Waals surface area contributed by atoms with Crippen molar-refractivity contribution in [2.75, 3.05) is 5.32 Å². The molecule has 1 aliphatic rings. The molecule has 1 heterocycles. The van der Waals surface area contributed by atoms with Crippen molar-refractivity contribution in [1.29, 1.82) is 0 Å². The van der Waals surface area contributed by atoms with Gasteiger partial charge in [0.15, 0.2) is 6.10 Å². The fourth-order valence-corrected chi connectivity index (χ4v) is 3.02. The number of nitrogens with one attached hydrogen (secondary N) is 1. The van der Waals surface area contributed by atoms with E-state index in [0.29, 0.717) is 23.5 Å². The first-order chi connectivity index (χ1) is 12.5. The molecule has 0 aromatic heterocycles. The van der Waals surface area contributed by atoms with E-state index in [4.69, 9.17) is 4.74 Å². The maximum atomic E-state index is 12.6. The molecule has 0 saturated heterocycles. The zero-order valence-electron chi connectivity index (χ0n) is 15.4. The maximum absolute atomic E-state index is 12.6. The third-order valence-corrected chi connectivity index (χ3v) is 4.75. The van der Waals surface area contributed by atoms with Crippen molar-refractivity contribution in [3.63, 3.8) is 0 Å². The van der Waals surface area contributed by atoms with E-state index in [2.05, 4.69) is 12.2 Å². The summed E-state index contributed by atoms with van der Waals surface area (Å²) in [6, 6.07) is 14.7. The first-order valence-electron chi connectivity index (χ1n) is 8.96. The number of nitrogens with zero attached hydrogens (tertiary/aromatic N) is 1. The molecule has 2 unspecified atom stereocenters. The van der Waals surface area contributed by atoms with E-state index in [0.717, 1.165) is 12.0 Å². The third kappa shape index (κ3) is 3.72. The zero-order chi connectivity index (χ0) is 18.7. The number of carbonyl (C=O) groups excluding carboxylic acids is 2. The van der Waals surface area contributed by atoms with E-state index in [-0.39, 0.29) is 17.9 Å². The van der Waals surface area contributed by atoms with Gasteiger partial charge in [-0.2, -0.15) is 0 Å². The summed E-state index contributed by atoms with van der Waals surface area (Å²) in [6.45, 7) is 6.35. The van der Waals surface area contributed by atoms with Gasteiger partial charge in [-0.05, 0) is 50.6 Å². The molecule has 3 rings (SSSR count). The van der Waals surface area contributed by atoms with Gasteiger partial charge in [-0.15, -0.1) is 0 Å². The number of hydrogen-bond donors (Lipinski definition) is 1. The predicted octanol–water partition coefficient (Wildman–Crippen LogP) is 3.85. The molecule has 136 valence electrons. The average Bonchev–Trinajstić information content (AvgIpc) is 2.78. The van der Waals surface area contributed by atoms with Gasteiger partial charge in [0.25, 0.3) is 11.8 Å². The minimum Gasteiger partial charge on any atom is -0.481 e. The molecule has 26 heavy (non-hydrogen) atoms. The largest absolute Gasteiger partial charge is 0.481 e. The SMILES string of the molecule is CCC(C)N1Cc2cc(NC(=O)c3ccccc3)ccc2OC(C)C1=O. The lowest BCUT2D eigenvalue weighted by atomic mass is 10.1. The van der Waals surface area contributed by atoms with Crippen molar-refractivity contribution >= 4 is 17.5 Å². The monoisotopic (exact) mass is 352 g/mol. The highest BCUT2D eigenvalue weighted by Crippen LogP contribution is 2.30. The van der Waals surface area contributed by atoms with Crippen LogP contribution in [0.15, 0.2) is 48.5 Å². The average molecular weight is 352 g/mol. The molecule has 0 aliphatic carbocycles. The Bertz CT molecular complexity index is 804. The first kappa shape index (κ1) is 18.0. The molecule has 1 N–H and O–H groups in total. The molecule has 5 nitrogen and oxygen atoms in total. The van der Waals surface area contributed by atoms with Crippen molar-refractivity contribution < 1.29 is 14.3 Å². The zero-order valence-corrected chi connectivity index (χ0v) is 15.4. The number of fused-ring (bicyclic) bond motifs is 1. The van der Waals surface area contributed by atoms with Gasteiger partial charge in [0.05, 0.1) is 0 Å². The van der Waals surface area contributed by atoms with E-state index in [1.54, 1.807) is 25.1 Å². The summed E-state index contributed by atoms with van der Waals surface area (Å²) in [4.78, 5) is 26.8. The summed E-state index contributed by atoms with van der Waals surface area (Å²) < 4.78 is 5.83. The number of amides is 2. The van der Waals surface area contributed by atoms with Crippen LogP contribution >= 0.6 is 0 Å². The Hall–Kier alpha value is -2.82. The van der Waals surface area contributed by atoms with Crippen LogP contribution in [0, 0.1) is 0 Å². The minimum atomic E-state index is -0.519. The highest BCUT2D eigenvalue weighted by atomic mass is 16.5. The standard InChI is InChI=1S/C21H24N2O3/c1-4-14(2)23-13-17-12-18(10-11-19(17)26-15(3)21(23)25)22-20(24)16-8-6-5-7-9-16/h5-12,14-15H,4,13H2,1-3H3,(H,22,24). The van der Waals surface area contributed by atoms with Crippen LogP contribution in [0.5, 0.6) is 5.75 Å². The number of hydrogen-bond acceptors (Lipinski definition) is 3. The van der Waals surface area contributed by atoms with Crippen molar-refractivity contribution in [2.45, 2.75) is 45.9 Å². The molecule has 0 fully saturated rings. The van der Waals surface area contributed by atoms with E-state index < -0.39 is 6.10 Å². The second-order valence-corrected chi connectivity index (χ2v) is 6.63. The topological polar surface area (TPSA) is 58.6 Å². The highest BCUT2D eigenvalue weighted by molar-refractivity contribution is 6.04. The second-order valence-electron chi connectivity index (χ2n) is 6.63. The van der Waals surface area contributed by atoms with Crippen molar-refractivity contribution in [3.05, 3.63) is 59.7 Å². The van der Waals surface area contributed by atoms with Crippen LogP contribution in [-0.4, -0.2) is 28.9 Å². The van der Waals surface area contributed by atoms with Crippen molar-refractivity contribution in [2.24, 2.45) is 0 Å². The van der Waals surface area contributed by atoms with E-state index in [1.807, 2.05) is 42.2 Å². The molecule has 2 aromatic rings. The van der Waals surface area contributed by atoms with Crippen LogP contribution in [-0.2, 0) is 11.3 Å². The molecule has 0 spiro atoms. The van der Waals surface area contributed by atoms with Gasteiger partial charge in [-0.25, -0.2) is 0 Å². The van der Waals surface area contributed by atoms with Gasteiger partial charge in [0.1, 0.15) is 5.75 Å². The van der Waals surface area contributed by atoms with Crippen molar-refractivity contribution in [3.8, 4) is 5.75 Å². The number of carbonyl (C=O) groups is 2. The number of ether oxygens (including phenoxy) is 1. The Morgan fingerprint density at radius 3 is 2.69 bits per heavy atom. The van der Waals surface area contributed by atoms with E-state index >= 15 is 0 Å². The molecule has 1 aliphatic heterocycles. The molecular formula is C21H24N2O3. The third-order valence-electron chi connectivity index (χ3n) is 4.75. The van der Waals surface area contributed by atoms with Crippen LogP contribution in [0.1, 0.15) is 43.1 Å². The molecule has 5 heteroatoms. The van der Waals surface area contributed by atoms with Gasteiger partial charge in [-0.1, -0.05) is 25.1 Å². The van der Waals surface area contributed by atoms with Gasteiger partial charge in [0.2, 0.25) is 0 Å². The number of anilines is 1. The van der Waals surface area contributed by atoms with Gasteiger partial charge in [-0.3, -0.25) is 9.59 Å². The Balaban J connectivity index is 1.85. The summed E-state index contributed by atoms with van der Waals surface area (Å²) in [5.41, 5.74) is 2.19. The predicted molar refractivity (Wildman–Crippen MR) is 101 cm³/mol. The molecule has 2 aromatic carbocycles. The van der Waals surface area contributed by atoms with Crippen LogP contribution in [0.25, 0.3) is 0 Å².